The molecule has 140 valence electrons. The van der Waals surface area contributed by atoms with Gasteiger partial charge in [0.15, 0.2) is 16.7 Å². The number of nitrogens with one attached hydrogen (secondary N) is 2. The van der Waals surface area contributed by atoms with Gasteiger partial charge < -0.3 is 20.1 Å². The summed E-state index contributed by atoms with van der Waals surface area (Å²) in [6, 6.07) is 12.0. The van der Waals surface area contributed by atoms with Crippen LogP contribution in [0.2, 0.25) is 0 Å². The summed E-state index contributed by atoms with van der Waals surface area (Å²) >= 11 is 1.03. The number of amidine groups is 1. The molecule has 0 radical (unpaired) electrons. The quantitative estimate of drug-likeness (QED) is 0.801. The van der Waals surface area contributed by atoms with Gasteiger partial charge in [-0.2, -0.15) is 8.42 Å². The van der Waals surface area contributed by atoms with E-state index >= 15 is 0 Å². The largest absolute Gasteiger partial charge is 0.454 e. The van der Waals surface area contributed by atoms with E-state index in [1.54, 1.807) is 24.3 Å². The highest BCUT2D eigenvalue weighted by Crippen LogP contribution is 2.32. The van der Waals surface area contributed by atoms with Gasteiger partial charge in [-0.3, -0.25) is 4.79 Å². The van der Waals surface area contributed by atoms with Crippen LogP contribution in [0.4, 0.5) is 5.69 Å². The smallest absolute Gasteiger partial charge is 0.286 e. The molecule has 2 heterocycles. The monoisotopic (exact) mass is 405 g/mol. The van der Waals surface area contributed by atoms with Gasteiger partial charge in [-0.25, -0.2) is 0 Å². The van der Waals surface area contributed by atoms with Crippen LogP contribution in [0.3, 0.4) is 0 Å². The molecule has 0 aliphatic carbocycles. The zero-order valence-corrected chi connectivity index (χ0v) is 15.6. The molecule has 27 heavy (non-hydrogen) atoms. The SMILES string of the molecule is O=C(CSC1=NS(=O)(=O)c2ccccc2N1)NCc1ccc2c(c1)OCO2. The lowest BCUT2D eigenvalue weighted by Gasteiger charge is -2.17. The third kappa shape index (κ3) is 3.86. The number of amides is 1. The van der Waals surface area contributed by atoms with Crippen molar-refractivity contribution in [3.63, 3.8) is 0 Å². The predicted molar refractivity (Wildman–Crippen MR) is 102 cm³/mol. The Balaban J connectivity index is 1.33. The number of benzene rings is 2. The van der Waals surface area contributed by atoms with Crippen molar-refractivity contribution >= 4 is 38.5 Å². The van der Waals surface area contributed by atoms with E-state index in [0.717, 1.165) is 17.3 Å². The van der Waals surface area contributed by atoms with E-state index in [9.17, 15) is 13.2 Å². The summed E-state index contributed by atoms with van der Waals surface area (Å²) in [6.45, 7) is 0.528. The van der Waals surface area contributed by atoms with Crippen molar-refractivity contribution in [2.45, 2.75) is 11.4 Å². The molecular formula is C17H15N3O5S2. The molecule has 0 saturated heterocycles. The number of carbonyl (C=O) groups excluding carboxylic acids is 1. The van der Waals surface area contributed by atoms with Crippen molar-refractivity contribution in [2.24, 2.45) is 4.40 Å². The van der Waals surface area contributed by atoms with Gasteiger partial charge in [0.2, 0.25) is 12.7 Å². The van der Waals surface area contributed by atoms with Crippen molar-refractivity contribution in [2.75, 3.05) is 17.9 Å². The van der Waals surface area contributed by atoms with E-state index in [2.05, 4.69) is 15.0 Å². The van der Waals surface area contributed by atoms with Crippen LogP contribution < -0.4 is 20.1 Å². The number of hydrogen-bond acceptors (Lipinski definition) is 7. The second-order valence-electron chi connectivity index (χ2n) is 5.75. The van der Waals surface area contributed by atoms with Crippen molar-refractivity contribution in [1.82, 2.24) is 5.32 Å². The van der Waals surface area contributed by atoms with Crippen molar-refractivity contribution in [3.8, 4) is 11.5 Å². The first-order chi connectivity index (χ1) is 13.0. The van der Waals surface area contributed by atoms with Crippen molar-refractivity contribution in [1.29, 1.82) is 0 Å². The van der Waals surface area contributed by atoms with Crippen LogP contribution >= 0.6 is 11.8 Å². The summed E-state index contributed by atoms with van der Waals surface area (Å²) in [6.07, 6.45) is 0. The Morgan fingerprint density at radius 2 is 2.00 bits per heavy atom. The topological polar surface area (TPSA) is 106 Å². The number of ether oxygens (including phenoxy) is 2. The fraction of sp³-hybridized carbons (Fsp3) is 0.176. The number of carbonyl (C=O) groups is 1. The fourth-order valence-corrected chi connectivity index (χ4v) is 4.66. The maximum Gasteiger partial charge on any atom is 0.286 e. The molecule has 0 fully saturated rings. The number of sulfonamides is 1. The minimum atomic E-state index is -3.75. The highest BCUT2D eigenvalue weighted by atomic mass is 32.2. The highest BCUT2D eigenvalue weighted by molar-refractivity contribution is 8.15. The fourth-order valence-electron chi connectivity index (χ4n) is 2.59. The molecule has 8 nitrogen and oxygen atoms in total. The number of anilines is 1. The van der Waals surface area contributed by atoms with Crippen LogP contribution in [-0.4, -0.2) is 32.0 Å². The lowest BCUT2D eigenvalue weighted by molar-refractivity contribution is -0.118. The first-order valence-corrected chi connectivity index (χ1v) is 10.4. The maximum atomic E-state index is 12.2. The first kappa shape index (κ1) is 17.7. The van der Waals surface area contributed by atoms with Gasteiger partial charge in [-0.05, 0) is 29.8 Å². The molecule has 1 amide bonds. The van der Waals surface area contributed by atoms with Gasteiger partial charge in [-0.15, -0.1) is 4.40 Å². The number of para-hydroxylation sites is 1. The normalized spacial score (nSPS) is 16.1. The van der Waals surface area contributed by atoms with E-state index in [1.165, 1.54) is 6.07 Å². The average molecular weight is 405 g/mol. The van der Waals surface area contributed by atoms with Crippen LogP contribution in [-0.2, 0) is 21.4 Å². The van der Waals surface area contributed by atoms with Gasteiger partial charge in [0.1, 0.15) is 4.90 Å². The number of rotatable bonds is 4. The number of nitrogens with zero attached hydrogens (tertiary/aromatic N) is 1. The molecule has 0 saturated carbocycles. The van der Waals surface area contributed by atoms with Gasteiger partial charge in [0, 0.05) is 6.54 Å². The molecule has 2 aromatic rings. The molecule has 0 spiro atoms. The summed E-state index contributed by atoms with van der Waals surface area (Å²) < 4.78 is 38.6. The van der Waals surface area contributed by atoms with E-state index in [4.69, 9.17) is 9.47 Å². The average Bonchev–Trinajstić information content (AvgIpc) is 3.12. The van der Waals surface area contributed by atoms with Gasteiger partial charge >= 0.3 is 0 Å². The van der Waals surface area contributed by atoms with Gasteiger partial charge in [0.25, 0.3) is 10.0 Å². The summed E-state index contributed by atoms with van der Waals surface area (Å²) in [4.78, 5) is 12.2. The first-order valence-electron chi connectivity index (χ1n) is 8.00. The summed E-state index contributed by atoms with van der Waals surface area (Å²) in [7, 11) is -3.75. The Bertz CT molecular complexity index is 1040. The Kier molecular flexibility index (Phi) is 4.66. The molecule has 0 bridgehead atoms. The molecule has 4 rings (SSSR count). The van der Waals surface area contributed by atoms with E-state index in [1.807, 2.05) is 12.1 Å². The number of fused-ring (bicyclic) bond motifs is 2. The Morgan fingerprint density at radius 3 is 2.89 bits per heavy atom. The predicted octanol–water partition coefficient (Wildman–Crippen LogP) is 1.94. The van der Waals surface area contributed by atoms with E-state index in [-0.39, 0.29) is 28.5 Å². The summed E-state index contributed by atoms with van der Waals surface area (Å²) in [5.41, 5.74) is 1.33. The van der Waals surface area contributed by atoms with Crippen LogP contribution in [0.5, 0.6) is 11.5 Å². The Hall–Kier alpha value is -2.72. The lowest BCUT2D eigenvalue weighted by Crippen LogP contribution is -2.27. The molecule has 0 unspecified atom stereocenters. The third-order valence-electron chi connectivity index (χ3n) is 3.88. The standard InChI is InChI=1S/C17H15N3O5S2/c21-16(18-8-11-5-6-13-14(7-11)25-10-24-13)9-26-17-19-12-3-1-2-4-15(12)27(22,23)20-17/h1-7H,8-10H2,(H,18,21)(H,19,20). The third-order valence-corrected chi connectivity index (χ3v) is 6.20. The van der Waals surface area contributed by atoms with Crippen molar-refractivity contribution in [3.05, 3.63) is 48.0 Å². The summed E-state index contributed by atoms with van der Waals surface area (Å²) in [5.74, 6) is 1.14. The molecule has 2 N–H and O–H groups in total. The number of thioether (sulfide) groups is 1. The minimum Gasteiger partial charge on any atom is -0.454 e. The molecular weight excluding hydrogens is 390 g/mol. The molecule has 2 aliphatic rings. The van der Waals surface area contributed by atoms with Crippen molar-refractivity contribution < 1.29 is 22.7 Å². The van der Waals surface area contributed by atoms with Crippen LogP contribution in [0.1, 0.15) is 5.56 Å². The maximum absolute atomic E-state index is 12.2. The minimum absolute atomic E-state index is 0.0358. The Labute approximate surface area is 160 Å². The van der Waals surface area contributed by atoms with Crippen LogP contribution in [0.15, 0.2) is 51.8 Å². The molecule has 2 aromatic carbocycles. The molecule has 0 atom stereocenters. The lowest BCUT2D eigenvalue weighted by atomic mass is 10.2. The Morgan fingerprint density at radius 1 is 1.19 bits per heavy atom. The zero-order chi connectivity index (χ0) is 18.9. The summed E-state index contributed by atoms with van der Waals surface area (Å²) in [5, 5.41) is 5.89. The molecule has 2 aliphatic heterocycles. The van der Waals surface area contributed by atoms with Crippen LogP contribution in [0, 0.1) is 0 Å². The second kappa shape index (κ2) is 7.12. The molecule has 10 heteroatoms. The molecule has 0 aromatic heterocycles. The van der Waals surface area contributed by atoms with Gasteiger partial charge in [-0.1, -0.05) is 30.0 Å². The van der Waals surface area contributed by atoms with Crippen LogP contribution in [0.25, 0.3) is 0 Å². The van der Waals surface area contributed by atoms with E-state index < -0.39 is 10.0 Å². The zero-order valence-electron chi connectivity index (χ0n) is 14.0. The second-order valence-corrected chi connectivity index (χ2v) is 8.28. The highest BCUT2D eigenvalue weighted by Gasteiger charge is 2.24. The van der Waals surface area contributed by atoms with Gasteiger partial charge in [0.05, 0.1) is 11.4 Å². The van der Waals surface area contributed by atoms with E-state index in [0.29, 0.717) is 23.7 Å². The number of hydrogen-bond donors (Lipinski definition) is 2.